The summed E-state index contributed by atoms with van der Waals surface area (Å²) >= 11 is 0. The Morgan fingerprint density at radius 2 is 1.65 bits per heavy atom. The van der Waals surface area contributed by atoms with Gasteiger partial charge >= 0.3 is 0 Å². The molecule has 1 atom stereocenters. The summed E-state index contributed by atoms with van der Waals surface area (Å²) in [5.41, 5.74) is 0. The average Bonchev–Trinajstić information content (AvgIpc) is 3.14. The van der Waals surface area contributed by atoms with E-state index in [-0.39, 0.29) is 0 Å². The van der Waals surface area contributed by atoms with E-state index < -0.39 is 0 Å². The van der Waals surface area contributed by atoms with Gasteiger partial charge in [0.25, 0.3) is 0 Å². The van der Waals surface area contributed by atoms with E-state index >= 15 is 0 Å². The topological polar surface area (TPSA) is 15.3 Å². The summed E-state index contributed by atoms with van der Waals surface area (Å²) in [5.74, 6) is 2.08. The molecule has 17 heavy (non-hydrogen) atoms. The minimum absolute atomic E-state index is 0.725. The van der Waals surface area contributed by atoms with Crippen LogP contribution in [0.15, 0.2) is 0 Å². The van der Waals surface area contributed by atoms with Crippen LogP contribution in [-0.2, 0) is 0 Å². The molecule has 2 heteroatoms. The highest BCUT2D eigenvalue weighted by Crippen LogP contribution is 2.33. The van der Waals surface area contributed by atoms with Gasteiger partial charge in [0.1, 0.15) is 0 Å². The highest BCUT2D eigenvalue weighted by molar-refractivity contribution is 4.84. The summed E-state index contributed by atoms with van der Waals surface area (Å²) in [6.45, 7) is 9.69. The van der Waals surface area contributed by atoms with Crippen LogP contribution in [0.5, 0.6) is 0 Å². The van der Waals surface area contributed by atoms with Gasteiger partial charge in [-0.2, -0.15) is 0 Å². The van der Waals surface area contributed by atoms with Gasteiger partial charge in [-0.05, 0) is 50.5 Å². The molecular weight excluding hydrogens is 208 g/mol. The number of nitrogens with one attached hydrogen (secondary N) is 1. The van der Waals surface area contributed by atoms with Gasteiger partial charge in [-0.3, -0.25) is 0 Å². The lowest BCUT2D eigenvalue weighted by molar-refractivity contribution is 0.220. The summed E-state index contributed by atoms with van der Waals surface area (Å²) in [6.07, 6.45) is 8.58. The second-order valence-electron chi connectivity index (χ2n) is 6.15. The molecule has 2 saturated carbocycles. The zero-order valence-corrected chi connectivity index (χ0v) is 11.8. The van der Waals surface area contributed by atoms with Crippen LogP contribution in [0.3, 0.4) is 0 Å². The van der Waals surface area contributed by atoms with Gasteiger partial charge in [0.2, 0.25) is 0 Å². The molecule has 0 radical (unpaired) electrons. The quantitative estimate of drug-likeness (QED) is 0.629. The van der Waals surface area contributed by atoms with E-state index in [4.69, 9.17) is 0 Å². The molecule has 2 aliphatic carbocycles. The molecule has 1 N–H and O–H groups in total. The normalized spacial score (nSPS) is 22.1. The highest BCUT2D eigenvalue weighted by Gasteiger charge is 2.29. The number of hydrogen-bond acceptors (Lipinski definition) is 2. The predicted molar refractivity (Wildman–Crippen MR) is 74.3 cm³/mol. The molecule has 0 spiro atoms. The largest absolute Gasteiger partial charge is 0.313 e. The van der Waals surface area contributed by atoms with Crippen molar-refractivity contribution in [2.75, 3.05) is 26.2 Å². The van der Waals surface area contributed by atoms with Crippen LogP contribution in [-0.4, -0.2) is 37.1 Å². The Balaban J connectivity index is 1.74. The van der Waals surface area contributed by atoms with Crippen LogP contribution in [0.25, 0.3) is 0 Å². The Bertz CT molecular complexity index is 189. The first kappa shape index (κ1) is 13.4. The van der Waals surface area contributed by atoms with Crippen molar-refractivity contribution < 1.29 is 0 Å². The minimum atomic E-state index is 0.725. The lowest BCUT2D eigenvalue weighted by Gasteiger charge is -2.28. The second kappa shape index (κ2) is 6.75. The molecule has 2 fully saturated rings. The van der Waals surface area contributed by atoms with Crippen LogP contribution in [0.1, 0.15) is 52.4 Å². The maximum atomic E-state index is 3.66. The SMILES string of the molecule is CCCC(CN(CC1CC1)CC1CC1)NCC. The van der Waals surface area contributed by atoms with E-state index in [1.165, 1.54) is 58.2 Å². The van der Waals surface area contributed by atoms with E-state index in [0.29, 0.717) is 0 Å². The van der Waals surface area contributed by atoms with Crippen LogP contribution in [0.4, 0.5) is 0 Å². The van der Waals surface area contributed by atoms with E-state index in [1.54, 1.807) is 0 Å². The fourth-order valence-corrected chi connectivity index (χ4v) is 2.76. The maximum Gasteiger partial charge on any atom is 0.0194 e. The number of nitrogens with zero attached hydrogens (tertiary/aromatic N) is 1. The Hall–Kier alpha value is -0.0800. The summed E-state index contributed by atoms with van der Waals surface area (Å²) < 4.78 is 0. The Morgan fingerprint density at radius 3 is 2.06 bits per heavy atom. The van der Waals surface area contributed by atoms with E-state index in [2.05, 4.69) is 24.1 Å². The number of rotatable bonds is 10. The van der Waals surface area contributed by atoms with Crippen LogP contribution in [0.2, 0.25) is 0 Å². The Kier molecular flexibility index (Phi) is 5.30. The lowest BCUT2D eigenvalue weighted by atomic mass is 10.1. The van der Waals surface area contributed by atoms with Crippen molar-refractivity contribution in [3.8, 4) is 0 Å². The van der Waals surface area contributed by atoms with Gasteiger partial charge in [0.15, 0.2) is 0 Å². The molecule has 0 aromatic heterocycles. The summed E-state index contributed by atoms with van der Waals surface area (Å²) in [6, 6.07) is 0.725. The molecule has 0 saturated heterocycles. The van der Waals surface area contributed by atoms with Crippen molar-refractivity contribution in [2.45, 2.75) is 58.4 Å². The fourth-order valence-electron chi connectivity index (χ4n) is 2.76. The maximum absolute atomic E-state index is 3.66. The molecule has 2 nitrogen and oxygen atoms in total. The molecule has 0 aliphatic heterocycles. The third-order valence-electron chi connectivity index (χ3n) is 4.04. The third-order valence-corrected chi connectivity index (χ3v) is 4.04. The first-order valence-electron chi connectivity index (χ1n) is 7.77. The van der Waals surface area contributed by atoms with Crippen LogP contribution >= 0.6 is 0 Å². The Morgan fingerprint density at radius 1 is 1.06 bits per heavy atom. The van der Waals surface area contributed by atoms with Gasteiger partial charge in [-0.15, -0.1) is 0 Å². The summed E-state index contributed by atoms with van der Waals surface area (Å²) in [7, 11) is 0. The van der Waals surface area contributed by atoms with Gasteiger partial charge in [0.05, 0.1) is 0 Å². The molecule has 1 unspecified atom stereocenters. The average molecular weight is 238 g/mol. The number of likely N-dealkylation sites (N-methyl/N-ethyl adjacent to an activating group) is 1. The monoisotopic (exact) mass is 238 g/mol. The molecule has 2 rings (SSSR count). The first-order valence-corrected chi connectivity index (χ1v) is 7.77. The molecule has 0 amide bonds. The van der Waals surface area contributed by atoms with E-state index in [9.17, 15) is 0 Å². The third kappa shape index (κ3) is 5.39. The smallest absolute Gasteiger partial charge is 0.0194 e. The van der Waals surface area contributed by atoms with Crippen molar-refractivity contribution in [1.82, 2.24) is 10.2 Å². The predicted octanol–water partition coefficient (Wildman–Crippen LogP) is 2.89. The van der Waals surface area contributed by atoms with Crippen LogP contribution in [0, 0.1) is 11.8 Å². The molecule has 0 bridgehead atoms. The lowest BCUT2D eigenvalue weighted by Crippen LogP contribution is -2.42. The summed E-state index contributed by atoms with van der Waals surface area (Å²) in [4.78, 5) is 2.76. The van der Waals surface area contributed by atoms with Crippen molar-refractivity contribution in [3.05, 3.63) is 0 Å². The minimum Gasteiger partial charge on any atom is -0.313 e. The van der Waals surface area contributed by atoms with Gasteiger partial charge < -0.3 is 10.2 Å². The molecule has 0 heterocycles. The molecule has 0 aromatic carbocycles. The number of hydrogen-bond donors (Lipinski definition) is 1. The molecule has 0 aromatic rings. The van der Waals surface area contributed by atoms with Crippen molar-refractivity contribution >= 4 is 0 Å². The summed E-state index contributed by atoms with van der Waals surface area (Å²) in [5, 5.41) is 3.66. The van der Waals surface area contributed by atoms with Gasteiger partial charge in [-0.1, -0.05) is 20.3 Å². The molecular formula is C15H30N2. The van der Waals surface area contributed by atoms with E-state index in [0.717, 1.165) is 24.4 Å². The Labute approximate surface area is 107 Å². The van der Waals surface area contributed by atoms with Gasteiger partial charge in [-0.25, -0.2) is 0 Å². The van der Waals surface area contributed by atoms with Crippen molar-refractivity contribution in [1.29, 1.82) is 0 Å². The van der Waals surface area contributed by atoms with Gasteiger partial charge in [0, 0.05) is 25.7 Å². The van der Waals surface area contributed by atoms with Crippen molar-refractivity contribution in [2.24, 2.45) is 11.8 Å². The standard InChI is InChI=1S/C15H30N2/c1-3-5-15(16-4-2)12-17(10-13-6-7-13)11-14-8-9-14/h13-16H,3-12H2,1-2H3. The molecule has 2 aliphatic rings. The van der Waals surface area contributed by atoms with Crippen LogP contribution < -0.4 is 5.32 Å². The highest BCUT2D eigenvalue weighted by atomic mass is 15.2. The first-order chi connectivity index (χ1) is 8.31. The second-order valence-corrected chi connectivity index (χ2v) is 6.15. The zero-order valence-electron chi connectivity index (χ0n) is 11.8. The van der Waals surface area contributed by atoms with E-state index in [1.807, 2.05) is 0 Å². The van der Waals surface area contributed by atoms with Crippen molar-refractivity contribution in [3.63, 3.8) is 0 Å². The fraction of sp³-hybridized carbons (Fsp3) is 1.00. The zero-order chi connectivity index (χ0) is 12.1. The molecule has 100 valence electrons.